The van der Waals surface area contributed by atoms with Crippen LogP contribution in [0.1, 0.15) is 51.0 Å². The van der Waals surface area contributed by atoms with E-state index < -0.39 is 5.60 Å². The lowest BCUT2D eigenvalue weighted by Gasteiger charge is -2.26. The van der Waals surface area contributed by atoms with Crippen LogP contribution in [-0.4, -0.2) is 23.2 Å². The zero-order valence-corrected chi connectivity index (χ0v) is 13.0. The molecule has 0 saturated heterocycles. The fourth-order valence-corrected chi connectivity index (χ4v) is 2.93. The molecule has 0 aromatic heterocycles. The Morgan fingerprint density at radius 1 is 1.24 bits per heavy atom. The molecule has 1 aliphatic rings. The van der Waals surface area contributed by atoms with Gasteiger partial charge in [-0.05, 0) is 38.2 Å². The van der Waals surface area contributed by atoms with Crippen molar-refractivity contribution in [1.82, 2.24) is 5.32 Å². The van der Waals surface area contributed by atoms with E-state index in [1.807, 2.05) is 18.2 Å². The summed E-state index contributed by atoms with van der Waals surface area (Å²) >= 11 is 0. The molecule has 3 nitrogen and oxygen atoms in total. The number of nitrogens with one attached hydrogen (secondary N) is 1. The fourth-order valence-electron chi connectivity index (χ4n) is 2.93. The summed E-state index contributed by atoms with van der Waals surface area (Å²) in [7, 11) is 0. The molecule has 0 heterocycles. The minimum Gasteiger partial charge on any atom is -0.388 e. The number of aliphatic hydroxyl groups is 1. The molecule has 0 spiro atoms. The van der Waals surface area contributed by atoms with Crippen molar-refractivity contribution in [2.75, 3.05) is 6.54 Å². The van der Waals surface area contributed by atoms with Crippen LogP contribution in [0.2, 0.25) is 0 Å². The summed E-state index contributed by atoms with van der Waals surface area (Å²) in [6, 6.07) is 10.1. The molecule has 1 fully saturated rings. The van der Waals surface area contributed by atoms with Crippen LogP contribution in [0, 0.1) is 5.92 Å². The van der Waals surface area contributed by atoms with Gasteiger partial charge in [-0.1, -0.05) is 49.6 Å². The summed E-state index contributed by atoms with van der Waals surface area (Å²) in [5.74, 6) is 0.276. The van der Waals surface area contributed by atoms with Crippen LogP contribution < -0.4 is 5.32 Å². The Morgan fingerprint density at radius 2 is 1.90 bits per heavy atom. The third-order valence-corrected chi connectivity index (χ3v) is 4.41. The molecular weight excluding hydrogens is 262 g/mol. The molecule has 1 atom stereocenters. The predicted octanol–water partition coefficient (Wildman–Crippen LogP) is 3.07. The van der Waals surface area contributed by atoms with Crippen LogP contribution in [0.25, 0.3) is 0 Å². The van der Waals surface area contributed by atoms with Crippen LogP contribution in [0.3, 0.4) is 0 Å². The number of hydrogen-bond acceptors (Lipinski definition) is 2. The Labute approximate surface area is 127 Å². The number of rotatable bonds is 6. The first-order valence-corrected chi connectivity index (χ1v) is 8.11. The zero-order chi connectivity index (χ0) is 15.1. The lowest BCUT2D eigenvalue weighted by molar-refractivity contribution is -0.127. The van der Waals surface area contributed by atoms with Crippen LogP contribution in [0.4, 0.5) is 0 Å². The van der Waals surface area contributed by atoms with Gasteiger partial charge in [-0.2, -0.15) is 0 Å². The second kappa shape index (κ2) is 7.60. The standard InChI is InChI=1S/C18H27NO2/c1-18(21,13-12-15-8-4-2-5-9-15)14-19-17(20)16-10-6-3-7-11-16/h2,4-5,8-9,16,21H,3,6-7,10-14H2,1H3,(H,19,20). The minimum absolute atomic E-state index is 0.120. The maximum atomic E-state index is 12.1. The fraction of sp³-hybridized carbons (Fsp3) is 0.611. The first-order chi connectivity index (χ1) is 10.1. The lowest BCUT2D eigenvalue weighted by Crippen LogP contribution is -2.43. The van der Waals surface area contributed by atoms with Crippen molar-refractivity contribution in [1.29, 1.82) is 0 Å². The number of hydrogen-bond donors (Lipinski definition) is 2. The SMILES string of the molecule is CC(O)(CCc1ccccc1)CNC(=O)C1CCCCC1. The number of benzene rings is 1. The summed E-state index contributed by atoms with van der Waals surface area (Å²) in [5.41, 5.74) is 0.372. The third kappa shape index (κ3) is 5.50. The summed E-state index contributed by atoms with van der Waals surface area (Å²) in [5, 5.41) is 13.3. The van der Waals surface area contributed by atoms with Gasteiger partial charge in [-0.3, -0.25) is 4.79 Å². The van der Waals surface area contributed by atoms with Crippen molar-refractivity contribution >= 4 is 5.91 Å². The molecule has 0 radical (unpaired) electrons. The van der Waals surface area contributed by atoms with E-state index in [1.165, 1.54) is 12.0 Å². The first kappa shape index (κ1) is 16.0. The average molecular weight is 289 g/mol. The van der Waals surface area contributed by atoms with Crippen LogP contribution in [0.5, 0.6) is 0 Å². The maximum absolute atomic E-state index is 12.1. The second-order valence-electron chi connectivity index (χ2n) is 6.54. The van der Waals surface area contributed by atoms with Gasteiger partial charge in [0.25, 0.3) is 0 Å². The van der Waals surface area contributed by atoms with Gasteiger partial charge in [0, 0.05) is 12.5 Å². The lowest BCUT2D eigenvalue weighted by atomic mass is 9.88. The molecule has 1 aromatic rings. The Hall–Kier alpha value is -1.35. The van der Waals surface area contributed by atoms with Crippen molar-refractivity contribution in [3.05, 3.63) is 35.9 Å². The van der Waals surface area contributed by atoms with E-state index in [0.717, 1.165) is 32.1 Å². The molecule has 2 N–H and O–H groups in total. The van der Waals surface area contributed by atoms with Crippen LogP contribution >= 0.6 is 0 Å². The van der Waals surface area contributed by atoms with E-state index in [4.69, 9.17) is 0 Å². The smallest absolute Gasteiger partial charge is 0.223 e. The van der Waals surface area contributed by atoms with Crippen LogP contribution in [-0.2, 0) is 11.2 Å². The minimum atomic E-state index is -0.847. The summed E-state index contributed by atoms with van der Waals surface area (Å²) < 4.78 is 0. The van der Waals surface area contributed by atoms with Gasteiger partial charge < -0.3 is 10.4 Å². The molecule has 0 bridgehead atoms. The Balaban J connectivity index is 1.74. The summed E-state index contributed by atoms with van der Waals surface area (Å²) in [4.78, 5) is 12.1. The molecular formula is C18H27NO2. The highest BCUT2D eigenvalue weighted by atomic mass is 16.3. The quantitative estimate of drug-likeness (QED) is 0.845. The maximum Gasteiger partial charge on any atom is 0.223 e. The van der Waals surface area contributed by atoms with Gasteiger partial charge in [0.2, 0.25) is 5.91 Å². The molecule has 1 amide bonds. The highest BCUT2D eigenvalue weighted by molar-refractivity contribution is 5.78. The Morgan fingerprint density at radius 3 is 2.57 bits per heavy atom. The van der Waals surface area contributed by atoms with Gasteiger partial charge in [0.15, 0.2) is 0 Å². The monoisotopic (exact) mass is 289 g/mol. The second-order valence-corrected chi connectivity index (χ2v) is 6.54. The number of carbonyl (C=O) groups excluding carboxylic acids is 1. The molecule has 116 valence electrons. The molecule has 1 aromatic carbocycles. The van der Waals surface area contributed by atoms with E-state index in [1.54, 1.807) is 6.92 Å². The van der Waals surface area contributed by atoms with Crippen molar-refractivity contribution in [3.63, 3.8) is 0 Å². The molecule has 1 unspecified atom stereocenters. The Bertz CT molecular complexity index is 436. The molecule has 0 aliphatic heterocycles. The normalized spacial score (nSPS) is 19.0. The topological polar surface area (TPSA) is 49.3 Å². The van der Waals surface area contributed by atoms with E-state index in [9.17, 15) is 9.90 Å². The van der Waals surface area contributed by atoms with E-state index >= 15 is 0 Å². The first-order valence-electron chi connectivity index (χ1n) is 8.11. The van der Waals surface area contributed by atoms with Crippen molar-refractivity contribution in [2.45, 2.75) is 57.5 Å². The predicted molar refractivity (Wildman–Crippen MR) is 85.0 cm³/mol. The van der Waals surface area contributed by atoms with Crippen molar-refractivity contribution in [2.24, 2.45) is 5.92 Å². The van der Waals surface area contributed by atoms with E-state index in [0.29, 0.717) is 13.0 Å². The third-order valence-electron chi connectivity index (χ3n) is 4.41. The number of aryl methyl sites for hydroxylation is 1. The molecule has 21 heavy (non-hydrogen) atoms. The van der Waals surface area contributed by atoms with Gasteiger partial charge in [-0.25, -0.2) is 0 Å². The summed E-state index contributed by atoms with van der Waals surface area (Å²) in [6.07, 6.45) is 7.04. The number of amides is 1. The van der Waals surface area contributed by atoms with Crippen LogP contribution in [0.15, 0.2) is 30.3 Å². The molecule has 3 heteroatoms. The Kier molecular flexibility index (Phi) is 5.80. The van der Waals surface area contributed by atoms with Gasteiger partial charge >= 0.3 is 0 Å². The number of carbonyl (C=O) groups is 1. The molecule has 1 saturated carbocycles. The highest BCUT2D eigenvalue weighted by Gasteiger charge is 2.25. The van der Waals surface area contributed by atoms with Gasteiger partial charge in [0.05, 0.1) is 5.60 Å². The average Bonchev–Trinajstić information content (AvgIpc) is 2.53. The van der Waals surface area contributed by atoms with Gasteiger partial charge in [0.1, 0.15) is 0 Å². The van der Waals surface area contributed by atoms with Crippen molar-refractivity contribution in [3.8, 4) is 0 Å². The van der Waals surface area contributed by atoms with Gasteiger partial charge in [-0.15, -0.1) is 0 Å². The van der Waals surface area contributed by atoms with E-state index in [2.05, 4.69) is 17.4 Å². The summed E-state index contributed by atoms with van der Waals surface area (Å²) in [6.45, 7) is 2.15. The highest BCUT2D eigenvalue weighted by Crippen LogP contribution is 2.23. The van der Waals surface area contributed by atoms with E-state index in [-0.39, 0.29) is 11.8 Å². The zero-order valence-electron chi connectivity index (χ0n) is 13.0. The molecule has 2 rings (SSSR count). The largest absolute Gasteiger partial charge is 0.388 e. The van der Waals surface area contributed by atoms with Crippen molar-refractivity contribution < 1.29 is 9.90 Å². The molecule has 1 aliphatic carbocycles.